The molecule has 0 atom stereocenters. The van der Waals surface area contributed by atoms with Crippen molar-refractivity contribution in [3.63, 3.8) is 0 Å². The first-order valence-corrected chi connectivity index (χ1v) is 3.25. The first-order chi connectivity index (χ1) is 5.25. The van der Waals surface area contributed by atoms with Crippen LogP contribution >= 0.6 is 0 Å². The summed E-state index contributed by atoms with van der Waals surface area (Å²) in [6.45, 7) is 0. The normalized spacial score (nSPS) is 14.5. The third-order valence-electron chi connectivity index (χ3n) is 1.58. The van der Waals surface area contributed by atoms with Crippen LogP contribution in [0.3, 0.4) is 0 Å². The standard InChI is InChI=1S/C8H5FO2/c9-6-1-2-7-5(3-6)4-8(10)11-7/h1-3H,4H2. The molecule has 1 aromatic rings. The summed E-state index contributed by atoms with van der Waals surface area (Å²) in [5.74, 6) is -0.163. The van der Waals surface area contributed by atoms with E-state index in [0.29, 0.717) is 11.3 Å². The Bertz CT molecular complexity index is 320. The Morgan fingerprint density at radius 2 is 2.27 bits per heavy atom. The molecule has 0 amide bonds. The molecule has 1 aromatic carbocycles. The van der Waals surface area contributed by atoms with E-state index in [-0.39, 0.29) is 18.2 Å². The van der Waals surface area contributed by atoms with Crippen LogP contribution in [0.2, 0.25) is 0 Å². The number of hydrogen-bond acceptors (Lipinski definition) is 2. The predicted molar refractivity (Wildman–Crippen MR) is 35.7 cm³/mol. The summed E-state index contributed by atoms with van der Waals surface area (Å²) in [4.78, 5) is 10.7. The molecule has 0 fully saturated rings. The van der Waals surface area contributed by atoms with Gasteiger partial charge in [-0.25, -0.2) is 4.39 Å². The third-order valence-corrected chi connectivity index (χ3v) is 1.58. The molecular weight excluding hydrogens is 147 g/mol. The number of ether oxygens (including phenoxy) is 1. The summed E-state index contributed by atoms with van der Waals surface area (Å²) < 4.78 is 17.3. The van der Waals surface area contributed by atoms with Crippen LogP contribution in [0.1, 0.15) is 5.56 Å². The van der Waals surface area contributed by atoms with Crippen molar-refractivity contribution in [3.8, 4) is 5.75 Å². The minimum absolute atomic E-state index is 0.188. The van der Waals surface area contributed by atoms with E-state index in [1.54, 1.807) is 0 Å². The van der Waals surface area contributed by atoms with Crippen LogP contribution in [0.5, 0.6) is 5.75 Å². The molecule has 0 spiro atoms. The number of fused-ring (bicyclic) bond motifs is 1. The number of halogens is 1. The molecule has 0 radical (unpaired) electrons. The van der Waals surface area contributed by atoms with E-state index in [1.807, 2.05) is 0 Å². The van der Waals surface area contributed by atoms with Gasteiger partial charge in [0, 0.05) is 5.56 Å². The summed E-state index contributed by atoms with van der Waals surface area (Å²) in [6, 6.07) is 4.06. The molecule has 11 heavy (non-hydrogen) atoms. The SMILES string of the molecule is O=C1Cc2cc(F)ccc2O1. The van der Waals surface area contributed by atoms with E-state index < -0.39 is 0 Å². The Hall–Kier alpha value is -1.38. The number of carbonyl (C=O) groups is 1. The topological polar surface area (TPSA) is 26.3 Å². The lowest BCUT2D eigenvalue weighted by Gasteiger charge is -1.94. The van der Waals surface area contributed by atoms with Gasteiger partial charge in [0.1, 0.15) is 11.6 Å². The van der Waals surface area contributed by atoms with Gasteiger partial charge in [-0.15, -0.1) is 0 Å². The van der Waals surface area contributed by atoms with Gasteiger partial charge < -0.3 is 4.74 Å². The first-order valence-electron chi connectivity index (χ1n) is 3.25. The fourth-order valence-electron chi connectivity index (χ4n) is 1.10. The van der Waals surface area contributed by atoms with E-state index in [2.05, 4.69) is 0 Å². The monoisotopic (exact) mass is 152 g/mol. The molecule has 0 aliphatic carbocycles. The Morgan fingerprint density at radius 3 is 3.09 bits per heavy atom. The molecule has 0 bridgehead atoms. The smallest absolute Gasteiger partial charge is 0.315 e. The van der Waals surface area contributed by atoms with Gasteiger partial charge in [-0.3, -0.25) is 4.79 Å². The van der Waals surface area contributed by atoms with Crippen molar-refractivity contribution >= 4 is 5.97 Å². The second-order valence-corrected chi connectivity index (χ2v) is 2.40. The van der Waals surface area contributed by atoms with Gasteiger partial charge in [0.15, 0.2) is 0 Å². The Kier molecular flexibility index (Phi) is 1.18. The quantitative estimate of drug-likeness (QED) is 0.413. The molecule has 0 N–H and O–H groups in total. The van der Waals surface area contributed by atoms with Gasteiger partial charge >= 0.3 is 5.97 Å². The van der Waals surface area contributed by atoms with Gasteiger partial charge in [0.05, 0.1) is 6.42 Å². The Balaban J connectivity index is 2.51. The largest absolute Gasteiger partial charge is 0.426 e. The number of carbonyl (C=O) groups excluding carboxylic acids is 1. The average Bonchev–Trinajstić information content (AvgIpc) is 2.27. The molecule has 0 aromatic heterocycles. The minimum atomic E-state index is -0.331. The van der Waals surface area contributed by atoms with Crippen molar-refractivity contribution in [1.82, 2.24) is 0 Å². The van der Waals surface area contributed by atoms with Crippen molar-refractivity contribution in [2.24, 2.45) is 0 Å². The molecule has 1 heterocycles. The van der Waals surface area contributed by atoms with E-state index in [0.717, 1.165) is 0 Å². The fourth-order valence-corrected chi connectivity index (χ4v) is 1.10. The van der Waals surface area contributed by atoms with E-state index in [9.17, 15) is 9.18 Å². The maximum absolute atomic E-state index is 12.5. The lowest BCUT2D eigenvalue weighted by Crippen LogP contribution is -1.99. The molecule has 0 saturated heterocycles. The Labute approximate surface area is 62.6 Å². The van der Waals surface area contributed by atoms with Crippen molar-refractivity contribution < 1.29 is 13.9 Å². The lowest BCUT2D eigenvalue weighted by molar-refractivity contribution is -0.131. The minimum Gasteiger partial charge on any atom is -0.426 e. The second-order valence-electron chi connectivity index (χ2n) is 2.40. The highest BCUT2D eigenvalue weighted by Crippen LogP contribution is 2.25. The molecule has 1 aliphatic rings. The van der Waals surface area contributed by atoms with Gasteiger partial charge in [-0.2, -0.15) is 0 Å². The fraction of sp³-hybridized carbons (Fsp3) is 0.125. The molecule has 0 unspecified atom stereocenters. The highest BCUT2D eigenvalue weighted by Gasteiger charge is 2.19. The highest BCUT2D eigenvalue weighted by atomic mass is 19.1. The zero-order valence-electron chi connectivity index (χ0n) is 5.63. The van der Waals surface area contributed by atoms with Crippen LogP contribution in [-0.4, -0.2) is 5.97 Å². The maximum Gasteiger partial charge on any atom is 0.315 e. The van der Waals surface area contributed by atoms with Crippen molar-refractivity contribution in [1.29, 1.82) is 0 Å². The molecule has 56 valence electrons. The van der Waals surface area contributed by atoms with Crippen molar-refractivity contribution in [2.75, 3.05) is 0 Å². The van der Waals surface area contributed by atoms with Crippen LogP contribution in [-0.2, 0) is 11.2 Å². The van der Waals surface area contributed by atoms with Crippen LogP contribution in [0.4, 0.5) is 4.39 Å². The van der Waals surface area contributed by atoms with Crippen molar-refractivity contribution in [2.45, 2.75) is 6.42 Å². The van der Waals surface area contributed by atoms with Gasteiger partial charge in [-0.1, -0.05) is 0 Å². The van der Waals surface area contributed by atoms with Crippen molar-refractivity contribution in [3.05, 3.63) is 29.6 Å². The molecule has 2 nitrogen and oxygen atoms in total. The Morgan fingerprint density at radius 1 is 1.45 bits per heavy atom. The number of hydrogen-bond donors (Lipinski definition) is 0. The lowest BCUT2D eigenvalue weighted by atomic mass is 10.2. The zero-order valence-corrected chi connectivity index (χ0v) is 5.63. The molecule has 2 rings (SSSR count). The summed E-state index contributed by atoms with van der Waals surface area (Å²) in [6.07, 6.45) is 0.188. The van der Waals surface area contributed by atoms with Crippen LogP contribution < -0.4 is 4.74 Å². The summed E-state index contributed by atoms with van der Waals surface area (Å²) in [5.41, 5.74) is 0.634. The summed E-state index contributed by atoms with van der Waals surface area (Å²) >= 11 is 0. The second kappa shape index (κ2) is 2.05. The molecule has 0 saturated carbocycles. The van der Waals surface area contributed by atoms with Crippen LogP contribution in [0.15, 0.2) is 18.2 Å². The van der Waals surface area contributed by atoms with E-state index in [4.69, 9.17) is 4.74 Å². The summed E-state index contributed by atoms with van der Waals surface area (Å²) in [7, 11) is 0. The van der Waals surface area contributed by atoms with Gasteiger partial charge in [0.25, 0.3) is 0 Å². The molecule has 3 heteroatoms. The van der Waals surface area contributed by atoms with Gasteiger partial charge in [-0.05, 0) is 18.2 Å². The number of esters is 1. The number of benzene rings is 1. The highest BCUT2D eigenvalue weighted by molar-refractivity contribution is 5.80. The van der Waals surface area contributed by atoms with E-state index >= 15 is 0 Å². The first kappa shape index (κ1) is 6.34. The summed E-state index contributed by atoms with van der Waals surface area (Å²) in [5, 5.41) is 0. The molecule has 1 aliphatic heterocycles. The van der Waals surface area contributed by atoms with Crippen LogP contribution in [0.25, 0.3) is 0 Å². The molecular formula is C8H5FO2. The predicted octanol–water partition coefficient (Wildman–Crippen LogP) is 1.29. The number of rotatable bonds is 0. The maximum atomic E-state index is 12.5. The van der Waals surface area contributed by atoms with Gasteiger partial charge in [0.2, 0.25) is 0 Å². The van der Waals surface area contributed by atoms with E-state index in [1.165, 1.54) is 18.2 Å². The average molecular weight is 152 g/mol. The zero-order chi connectivity index (χ0) is 7.84. The third kappa shape index (κ3) is 0.981. The van der Waals surface area contributed by atoms with Crippen LogP contribution in [0, 0.1) is 5.82 Å².